The number of alkyl halides is 1. The van der Waals surface area contributed by atoms with Crippen LogP contribution in [-0.2, 0) is 4.79 Å². The number of hydrogen-bond donors (Lipinski definition) is 2. The Bertz CT molecular complexity index is 702. The zero-order valence-electron chi connectivity index (χ0n) is 12.8. The Morgan fingerprint density at radius 1 is 1.04 bits per heavy atom. The molecule has 0 aliphatic carbocycles. The lowest BCUT2D eigenvalue weighted by atomic mass is 10.1. The molecule has 1 unspecified atom stereocenters. The molecule has 5 nitrogen and oxygen atoms in total. The van der Waals surface area contributed by atoms with Gasteiger partial charge in [-0.2, -0.15) is 0 Å². The van der Waals surface area contributed by atoms with Crippen LogP contribution in [0.15, 0.2) is 48.5 Å². The summed E-state index contributed by atoms with van der Waals surface area (Å²) < 4.78 is 18.2. The number of rotatable bonds is 5. The zero-order valence-corrected chi connectivity index (χ0v) is 12.8. The van der Waals surface area contributed by atoms with E-state index < -0.39 is 18.0 Å². The summed E-state index contributed by atoms with van der Waals surface area (Å²) in [6, 6.07) is 13.6. The van der Waals surface area contributed by atoms with Gasteiger partial charge in [-0.15, -0.1) is 0 Å². The molecule has 0 aliphatic heterocycles. The molecule has 0 aromatic heterocycles. The Labute approximate surface area is 133 Å². The van der Waals surface area contributed by atoms with Gasteiger partial charge in [0, 0.05) is 5.69 Å². The fraction of sp³-hybridized carbons (Fsp3) is 0.176. The van der Waals surface area contributed by atoms with Gasteiger partial charge in [-0.25, -0.2) is 4.39 Å². The van der Waals surface area contributed by atoms with Gasteiger partial charge in [0.15, 0.2) is 11.9 Å². The number of hydrogen-bond acceptors (Lipinski definition) is 3. The SMILES string of the molecule is COc1c(NC(=O)C(C)F)cccc1C(=O)Nc1ccccc1. The molecular weight excluding hydrogens is 299 g/mol. The van der Waals surface area contributed by atoms with Gasteiger partial charge in [0.05, 0.1) is 18.4 Å². The van der Waals surface area contributed by atoms with E-state index in [2.05, 4.69) is 10.6 Å². The van der Waals surface area contributed by atoms with E-state index in [1.807, 2.05) is 6.07 Å². The van der Waals surface area contributed by atoms with Crippen LogP contribution < -0.4 is 15.4 Å². The highest BCUT2D eigenvalue weighted by atomic mass is 19.1. The van der Waals surface area contributed by atoms with Crippen molar-refractivity contribution in [1.29, 1.82) is 0 Å². The Morgan fingerprint density at radius 2 is 1.74 bits per heavy atom. The Kier molecular flexibility index (Phi) is 5.30. The largest absolute Gasteiger partial charge is 0.494 e. The third-order valence-corrected chi connectivity index (χ3v) is 3.11. The molecular formula is C17H17FN2O3. The highest BCUT2D eigenvalue weighted by molar-refractivity contribution is 6.08. The minimum Gasteiger partial charge on any atom is -0.494 e. The van der Waals surface area contributed by atoms with Crippen LogP contribution in [0.4, 0.5) is 15.8 Å². The lowest BCUT2D eigenvalue weighted by Gasteiger charge is -2.14. The first kappa shape index (κ1) is 16.5. The molecule has 0 aliphatic rings. The number of carbonyl (C=O) groups excluding carboxylic acids is 2. The summed E-state index contributed by atoms with van der Waals surface area (Å²) in [5, 5.41) is 5.13. The maximum Gasteiger partial charge on any atom is 0.259 e. The number of nitrogens with one attached hydrogen (secondary N) is 2. The lowest BCUT2D eigenvalue weighted by molar-refractivity contribution is -0.120. The quantitative estimate of drug-likeness (QED) is 0.890. The Hall–Kier alpha value is -2.89. The second-order valence-corrected chi connectivity index (χ2v) is 4.81. The topological polar surface area (TPSA) is 67.4 Å². The molecule has 2 N–H and O–H groups in total. The van der Waals surface area contributed by atoms with Gasteiger partial charge in [0.25, 0.3) is 11.8 Å². The summed E-state index contributed by atoms with van der Waals surface area (Å²) in [5.74, 6) is -1.02. The van der Waals surface area contributed by atoms with Crippen molar-refractivity contribution in [2.45, 2.75) is 13.1 Å². The molecule has 2 amide bonds. The van der Waals surface area contributed by atoms with Crippen molar-refractivity contribution in [3.05, 3.63) is 54.1 Å². The maximum absolute atomic E-state index is 13.0. The molecule has 0 fully saturated rings. The molecule has 1 atom stereocenters. The Morgan fingerprint density at radius 3 is 2.35 bits per heavy atom. The van der Waals surface area contributed by atoms with E-state index in [4.69, 9.17) is 4.74 Å². The third kappa shape index (κ3) is 4.06. The standard InChI is InChI=1S/C17H17FN2O3/c1-11(18)16(21)20-14-10-6-9-13(15(14)23-2)17(22)19-12-7-4-3-5-8-12/h3-11H,1-2H3,(H,19,22)(H,20,21). The molecule has 0 saturated carbocycles. The predicted molar refractivity (Wildman–Crippen MR) is 86.6 cm³/mol. The first-order valence-electron chi connectivity index (χ1n) is 7.01. The molecule has 0 heterocycles. The lowest BCUT2D eigenvalue weighted by Crippen LogP contribution is -2.22. The van der Waals surface area contributed by atoms with Gasteiger partial charge in [-0.1, -0.05) is 24.3 Å². The fourth-order valence-corrected chi connectivity index (χ4v) is 1.99. The molecule has 0 saturated heterocycles. The zero-order chi connectivity index (χ0) is 16.8. The predicted octanol–water partition coefficient (Wildman–Crippen LogP) is 3.24. The van der Waals surface area contributed by atoms with Crippen LogP contribution in [0, 0.1) is 0 Å². The fourth-order valence-electron chi connectivity index (χ4n) is 1.99. The summed E-state index contributed by atoms with van der Waals surface area (Å²) in [4.78, 5) is 23.9. The van der Waals surface area contributed by atoms with E-state index in [-0.39, 0.29) is 17.0 Å². The van der Waals surface area contributed by atoms with Gasteiger partial charge in [0.1, 0.15) is 0 Å². The van der Waals surface area contributed by atoms with E-state index >= 15 is 0 Å². The maximum atomic E-state index is 13.0. The number of carbonyl (C=O) groups is 2. The van der Waals surface area contributed by atoms with Crippen molar-refractivity contribution in [3.63, 3.8) is 0 Å². The molecule has 2 rings (SSSR count). The van der Waals surface area contributed by atoms with Crippen LogP contribution >= 0.6 is 0 Å². The normalized spacial score (nSPS) is 11.4. The Balaban J connectivity index is 2.28. The van der Waals surface area contributed by atoms with E-state index in [0.717, 1.165) is 6.92 Å². The second kappa shape index (κ2) is 7.40. The smallest absolute Gasteiger partial charge is 0.259 e. The van der Waals surface area contributed by atoms with Crippen molar-refractivity contribution in [1.82, 2.24) is 0 Å². The van der Waals surface area contributed by atoms with Crippen LogP contribution in [0.3, 0.4) is 0 Å². The summed E-state index contributed by atoms with van der Waals surface area (Å²) in [6.45, 7) is 1.13. The van der Waals surface area contributed by atoms with Crippen LogP contribution in [0.25, 0.3) is 0 Å². The highest BCUT2D eigenvalue weighted by Crippen LogP contribution is 2.29. The molecule has 120 valence electrons. The molecule has 0 spiro atoms. The van der Waals surface area contributed by atoms with Gasteiger partial charge >= 0.3 is 0 Å². The van der Waals surface area contributed by atoms with E-state index in [1.165, 1.54) is 7.11 Å². The first-order valence-corrected chi connectivity index (χ1v) is 7.01. The van der Waals surface area contributed by atoms with Gasteiger partial charge < -0.3 is 15.4 Å². The highest BCUT2D eigenvalue weighted by Gasteiger charge is 2.19. The number of benzene rings is 2. The average Bonchev–Trinajstić information content (AvgIpc) is 2.55. The number of para-hydroxylation sites is 2. The van der Waals surface area contributed by atoms with Crippen molar-refractivity contribution in [2.24, 2.45) is 0 Å². The number of methoxy groups -OCH3 is 1. The molecule has 23 heavy (non-hydrogen) atoms. The molecule has 0 radical (unpaired) electrons. The first-order chi connectivity index (χ1) is 11.0. The van der Waals surface area contributed by atoms with Crippen LogP contribution in [0.5, 0.6) is 5.75 Å². The second-order valence-electron chi connectivity index (χ2n) is 4.81. The van der Waals surface area contributed by atoms with Crippen LogP contribution in [-0.4, -0.2) is 25.1 Å². The summed E-state index contributed by atoms with van der Waals surface area (Å²) in [7, 11) is 1.38. The van der Waals surface area contributed by atoms with Crippen LogP contribution in [0.2, 0.25) is 0 Å². The summed E-state index contributed by atoms with van der Waals surface area (Å²) >= 11 is 0. The number of ether oxygens (including phenoxy) is 1. The van der Waals surface area contributed by atoms with Crippen molar-refractivity contribution >= 4 is 23.2 Å². The van der Waals surface area contributed by atoms with Crippen molar-refractivity contribution in [3.8, 4) is 5.75 Å². The van der Waals surface area contributed by atoms with E-state index in [9.17, 15) is 14.0 Å². The summed E-state index contributed by atoms with van der Waals surface area (Å²) in [5.41, 5.74) is 1.11. The minimum atomic E-state index is -1.67. The van der Waals surface area contributed by atoms with Crippen LogP contribution in [0.1, 0.15) is 17.3 Å². The van der Waals surface area contributed by atoms with Gasteiger partial charge in [0.2, 0.25) is 0 Å². The molecule has 6 heteroatoms. The third-order valence-electron chi connectivity index (χ3n) is 3.11. The molecule has 2 aromatic rings. The van der Waals surface area contributed by atoms with Crippen molar-refractivity contribution < 1.29 is 18.7 Å². The number of halogens is 1. The van der Waals surface area contributed by atoms with Gasteiger partial charge in [-0.3, -0.25) is 9.59 Å². The summed E-state index contributed by atoms with van der Waals surface area (Å²) in [6.07, 6.45) is -1.67. The molecule has 2 aromatic carbocycles. The monoisotopic (exact) mass is 316 g/mol. The molecule has 0 bridgehead atoms. The van der Waals surface area contributed by atoms with E-state index in [1.54, 1.807) is 42.5 Å². The van der Waals surface area contributed by atoms with Crippen molar-refractivity contribution in [2.75, 3.05) is 17.7 Å². The minimum absolute atomic E-state index is 0.176. The van der Waals surface area contributed by atoms with Gasteiger partial charge in [-0.05, 0) is 31.2 Å². The number of amides is 2. The number of anilines is 2. The van der Waals surface area contributed by atoms with E-state index in [0.29, 0.717) is 5.69 Å². The average molecular weight is 316 g/mol.